The molecule has 1 N–H and O–H groups in total. The number of hydrogen-bond donors (Lipinski definition) is 1. The Hall–Kier alpha value is -2.48. The fourth-order valence-corrected chi connectivity index (χ4v) is 2.67. The van der Waals surface area contributed by atoms with Crippen molar-refractivity contribution in [2.75, 3.05) is 11.9 Å². The van der Waals surface area contributed by atoms with E-state index in [1.54, 1.807) is 31.2 Å². The summed E-state index contributed by atoms with van der Waals surface area (Å²) in [6.07, 6.45) is 0. The molecule has 0 atom stereocenters. The molecule has 0 saturated carbocycles. The molecule has 1 amide bonds. The molecule has 0 fully saturated rings. The predicted molar refractivity (Wildman–Crippen MR) is 85.2 cm³/mol. The summed E-state index contributed by atoms with van der Waals surface area (Å²) in [6, 6.07) is 11.1. The highest BCUT2D eigenvalue weighted by Crippen LogP contribution is 2.25. The number of anilines is 1. The van der Waals surface area contributed by atoms with Crippen molar-refractivity contribution in [3.8, 4) is 5.75 Å². The first kappa shape index (κ1) is 17.9. The lowest BCUT2D eigenvalue weighted by Gasteiger charge is -2.11. The second-order valence-electron chi connectivity index (χ2n) is 4.71. The average Bonchev–Trinajstić information content (AvgIpc) is 2.57. The molecular formula is C16H15F2NO4S. The summed E-state index contributed by atoms with van der Waals surface area (Å²) in [7, 11) is -4.68. The molecule has 0 aliphatic rings. The average molecular weight is 355 g/mol. The van der Waals surface area contributed by atoms with Gasteiger partial charge in [0.05, 0.1) is 17.2 Å². The highest BCUT2D eigenvalue weighted by molar-refractivity contribution is 7.91. The van der Waals surface area contributed by atoms with Crippen molar-refractivity contribution < 1.29 is 26.7 Å². The molecule has 128 valence electrons. The molecule has 8 heteroatoms. The molecule has 0 radical (unpaired) electrons. The lowest BCUT2D eigenvalue weighted by molar-refractivity contribution is 0.102. The van der Waals surface area contributed by atoms with Gasteiger partial charge >= 0.3 is 5.76 Å². The van der Waals surface area contributed by atoms with Gasteiger partial charge in [-0.15, -0.1) is 0 Å². The summed E-state index contributed by atoms with van der Waals surface area (Å²) in [5.41, 5.74) is 0.586. The summed E-state index contributed by atoms with van der Waals surface area (Å²) in [4.78, 5) is 11.7. The molecule has 2 aromatic rings. The van der Waals surface area contributed by atoms with Gasteiger partial charge in [-0.3, -0.25) is 4.79 Å². The maximum absolute atomic E-state index is 12.5. The molecule has 5 nitrogen and oxygen atoms in total. The van der Waals surface area contributed by atoms with Crippen LogP contribution in [0.5, 0.6) is 5.75 Å². The molecule has 0 aliphatic carbocycles. The van der Waals surface area contributed by atoms with Crippen molar-refractivity contribution in [1.29, 1.82) is 0 Å². The number of rotatable bonds is 6. The maximum Gasteiger partial charge on any atom is 0.341 e. The van der Waals surface area contributed by atoms with Crippen LogP contribution in [0, 0.1) is 0 Å². The molecular weight excluding hydrogens is 340 g/mol. The highest BCUT2D eigenvalue weighted by Gasteiger charge is 2.26. The third-order valence-electron chi connectivity index (χ3n) is 3.11. The Kier molecular flexibility index (Phi) is 5.50. The van der Waals surface area contributed by atoms with Crippen molar-refractivity contribution in [3.05, 3.63) is 54.1 Å². The number of carbonyl (C=O) groups is 1. The van der Waals surface area contributed by atoms with E-state index in [2.05, 4.69) is 5.32 Å². The van der Waals surface area contributed by atoms with E-state index in [0.717, 1.165) is 12.1 Å². The van der Waals surface area contributed by atoms with Crippen LogP contribution in [0.15, 0.2) is 53.4 Å². The second-order valence-corrected chi connectivity index (χ2v) is 6.63. The van der Waals surface area contributed by atoms with Crippen LogP contribution < -0.4 is 10.1 Å². The van der Waals surface area contributed by atoms with Crippen LogP contribution in [0.2, 0.25) is 0 Å². The van der Waals surface area contributed by atoms with Crippen LogP contribution >= 0.6 is 0 Å². The van der Waals surface area contributed by atoms with E-state index in [9.17, 15) is 22.0 Å². The Balaban J connectivity index is 2.20. The number of carbonyl (C=O) groups excluding carboxylic acids is 1. The van der Waals surface area contributed by atoms with Crippen molar-refractivity contribution in [1.82, 2.24) is 0 Å². The molecule has 24 heavy (non-hydrogen) atoms. The van der Waals surface area contributed by atoms with Crippen LogP contribution in [0.4, 0.5) is 14.5 Å². The van der Waals surface area contributed by atoms with E-state index < -0.39 is 26.4 Å². The molecule has 2 rings (SSSR count). The van der Waals surface area contributed by atoms with Crippen molar-refractivity contribution >= 4 is 21.4 Å². The maximum atomic E-state index is 12.5. The number of hydrogen-bond acceptors (Lipinski definition) is 4. The number of sulfone groups is 1. The van der Waals surface area contributed by atoms with Gasteiger partial charge in [-0.1, -0.05) is 12.1 Å². The topological polar surface area (TPSA) is 72.5 Å². The predicted octanol–water partition coefficient (Wildman–Crippen LogP) is 3.33. The van der Waals surface area contributed by atoms with Crippen LogP contribution in [0.1, 0.15) is 17.3 Å². The molecule has 0 aliphatic heterocycles. The van der Waals surface area contributed by atoms with Gasteiger partial charge in [0.15, 0.2) is 0 Å². The summed E-state index contributed by atoms with van der Waals surface area (Å²) in [5.74, 6) is -3.52. The van der Waals surface area contributed by atoms with Crippen LogP contribution in [-0.4, -0.2) is 26.7 Å². The molecule has 2 aromatic carbocycles. The first-order chi connectivity index (χ1) is 11.4. The minimum absolute atomic E-state index is 0.134. The largest absolute Gasteiger partial charge is 0.492 e. The minimum Gasteiger partial charge on any atom is -0.492 e. The van der Waals surface area contributed by atoms with Gasteiger partial charge in [0, 0.05) is 5.56 Å². The molecule has 0 aromatic heterocycles. The number of nitrogens with one attached hydrogen (secondary N) is 1. The molecule has 0 spiro atoms. The number of halogens is 2. The Morgan fingerprint density at radius 2 is 1.75 bits per heavy atom. The molecule has 0 bridgehead atoms. The van der Waals surface area contributed by atoms with Gasteiger partial charge in [-0.05, 0) is 43.3 Å². The van der Waals surface area contributed by atoms with Gasteiger partial charge in [0.2, 0.25) is 9.84 Å². The zero-order valence-corrected chi connectivity index (χ0v) is 13.5. The Labute approximate surface area is 138 Å². The zero-order chi connectivity index (χ0) is 17.7. The molecule has 0 unspecified atom stereocenters. The quantitative estimate of drug-likeness (QED) is 0.863. The van der Waals surface area contributed by atoms with Crippen molar-refractivity contribution in [2.24, 2.45) is 0 Å². The third kappa shape index (κ3) is 3.88. The Bertz CT molecular complexity index is 820. The van der Waals surface area contributed by atoms with Crippen molar-refractivity contribution in [3.63, 3.8) is 0 Å². The first-order valence-corrected chi connectivity index (χ1v) is 8.56. The van der Waals surface area contributed by atoms with E-state index >= 15 is 0 Å². The number of benzene rings is 2. The lowest BCUT2D eigenvalue weighted by Crippen LogP contribution is -2.14. The van der Waals surface area contributed by atoms with Gasteiger partial charge < -0.3 is 10.1 Å². The minimum atomic E-state index is -4.68. The van der Waals surface area contributed by atoms with E-state index in [0.29, 0.717) is 18.0 Å². The van der Waals surface area contributed by atoms with Gasteiger partial charge in [-0.25, -0.2) is 8.42 Å². The van der Waals surface area contributed by atoms with Crippen LogP contribution in [0.25, 0.3) is 0 Å². The highest BCUT2D eigenvalue weighted by atomic mass is 32.2. The molecule has 0 saturated heterocycles. The van der Waals surface area contributed by atoms with Crippen molar-refractivity contribution in [2.45, 2.75) is 17.6 Å². The normalized spacial score (nSPS) is 11.3. The first-order valence-electron chi connectivity index (χ1n) is 7.01. The summed E-state index contributed by atoms with van der Waals surface area (Å²) in [5, 5.41) is 2.63. The standard InChI is InChI=1S/C16H15F2NO4S/c1-2-23-14-6-4-3-5-13(14)19-15(20)11-7-9-12(10-8-11)24(21,22)16(17)18/h3-10,16H,2H2,1H3,(H,19,20). The number of alkyl halides is 2. The smallest absolute Gasteiger partial charge is 0.341 e. The zero-order valence-electron chi connectivity index (χ0n) is 12.7. The fourth-order valence-electron chi connectivity index (χ4n) is 1.94. The second kappa shape index (κ2) is 7.39. The van der Waals surface area contributed by atoms with Gasteiger partial charge in [0.1, 0.15) is 5.75 Å². The van der Waals surface area contributed by atoms with E-state index in [4.69, 9.17) is 4.74 Å². The van der Waals surface area contributed by atoms with Crippen LogP contribution in [-0.2, 0) is 9.84 Å². The summed E-state index contributed by atoms with van der Waals surface area (Å²) >= 11 is 0. The monoisotopic (exact) mass is 355 g/mol. The number of para-hydroxylation sites is 2. The van der Waals surface area contributed by atoms with E-state index in [-0.39, 0.29) is 5.56 Å². The fraction of sp³-hybridized carbons (Fsp3) is 0.188. The van der Waals surface area contributed by atoms with E-state index in [1.165, 1.54) is 12.1 Å². The number of amides is 1. The number of ether oxygens (including phenoxy) is 1. The third-order valence-corrected chi connectivity index (χ3v) is 4.51. The Morgan fingerprint density at radius 1 is 1.12 bits per heavy atom. The SMILES string of the molecule is CCOc1ccccc1NC(=O)c1ccc(S(=O)(=O)C(F)F)cc1. The van der Waals surface area contributed by atoms with E-state index in [1.807, 2.05) is 0 Å². The lowest BCUT2D eigenvalue weighted by atomic mass is 10.2. The Morgan fingerprint density at radius 3 is 2.33 bits per heavy atom. The molecule has 0 heterocycles. The summed E-state index contributed by atoms with van der Waals surface area (Å²) in [6.45, 7) is 2.23. The summed E-state index contributed by atoms with van der Waals surface area (Å²) < 4.78 is 53.1. The van der Waals surface area contributed by atoms with Gasteiger partial charge in [0.25, 0.3) is 5.91 Å². The van der Waals surface area contributed by atoms with Gasteiger partial charge in [-0.2, -0.15) is 8.78 Å². The van der Waals surface area contributed by atoms with Crippen LogP contribution in [0.3, 0.4) is 0 Å².